The van der Waals surface area contributed by atoms with Gasteiger partial charge in [-0.15, -0.1) is 0 Å². The molecule has 0 amide bonds. The second-order valence-corrected chi connectivity index (χ2v) is 5.61. The van der Waals surface area contributed by atoms with Gasteiger partial charge in [-0.2, -0.15) is 0 Å². The first-order valence-electron chi connectivity index (χ1n) is 6.43. The number of Topliss-reactive ketones (excluding diaryl/α,β-unsaturated/α-hetero) is 1. The summed E-state index contributed by atoms with van der Waals surface area (Å²) in [6.07, 6.45) is 5.09. The Balaban J connectivity index is 2.36. The number of carbonyl (C=O) groups is 1. The smallest absolute Gasteiger partial charge is 0.159 e. The number of hydrogen-bond acceptors (Lipinski definition) is 1. The molecule has 0 unspecified atom stereocenters. The second-order valence-electron chi connectivity index (χ2n) is 5.61. The fourth-order valence-corrected chi connectivity index (χ4v) is 3.59. The van der Waals surface area contributed by atoms with Crippen molar-refractivity contribution < 1.29 is 4.79 Å². The Morgan fingerprint density at radius 2 is 2.12 bits per heavy atom. The van der Waals surface area contributed by atoms with E-state index in [0.29, 0.717) is 35.9 Å². The topological polar surface area (TPSA) is 17.1 Å². The molecule has 3 atom stereocenters. The molecule has 0 N–H and O–H groups in total. The van der Waals surface area contributed by atoms with Crippen molar-refractivity contribution in [1.82, 2.24) is 0 Å². The second kappa shape index (κ2) is 4.20. The number of fused-ring (bicyclic) bond motifs is 1. The summed E-state index contributed by atoms with van der Waals surface area (Å²) in [4.78, 5) is 12.0. The van der Waals surface area contributed by atoms with E-state index < -0.39 is 0 Å². The lowest BCUT2D eigenvalue weighted by Gasteiger charge is -2.38. The summed E-state index contributed by atoms with van der Waals surface area (Å²) >= 11 is 0. The molecule has 16 heavy (non-hydrogen) atoms. The summed E-state index contributed by atoms with van der Waals surface area (Å²) < 4.78 is 0. The normalized spacial score (nSPS) is 37.2. The molecule has 2 fully saturated rings. The maximum absolute atomic E-state index is 12.0. The molecule has 0 aliphatic heterocycles. The van der Waals surface area contributed by atoms with Crippen LogP contribution in [0, 0.1) is 23.7 Å². The molecule has 88 valence electrons. The van der Waals surface area contributed by atoms with Crippen LogP contribution in [0.15, 0.2) is 23.8 Å². The third kappa shape index (κ3) is 1.66. The standard InChI is InChI=1S/C15H22O/c1-5-11-14(16)8-13-10(4)6-7-12(9(2)3)15(11)13/h5,9,12-13,15H,4,6-8H2,1-3H3/t12-,13-,15-/m0/s1. The number of rotatable bonds is 1. The molecule has 0 spiro atoms. The van der Waals surface area contributed by atoms with Gasteiger partial charge in [-0.3, -0.25) is 4.79 Å². The zero-order valence-electron chi connectivity index (χ0n) is 10.6. The van der Waals surface area contributed by atoms with E-state index in [2.05, 4.69) is 20.4 Å². The minimum Gasteiger partial charge on any atom is -0.295 e. The van der Waals surface area contributed by atoms with Crippen molar-refractivity contribution in [3.8, 4) is 0 Å². The molecule has 0 radical (unpaired) electrons. The monoisotopic (exact) mass is 218 g/mol. The Morgan fingerprint density at radius 3 is 2.69 bits per heavy atom. The molecule has 0 aromatic rings. The van der Waals surface area contributed by atoms with Crippen LogP contribution < -0.4 is 0 Å². The van der Waals surface area contributed by atoms with E-state index in [-0.39, 0.29) is 0 Å². The average molecular weight is 218 g/mol. The fourth-order valence-electron chi connectivity index (χ4n) is 3.59. The lowest BCUT2D eigenvalue weighted by atomic mass is 9.66. The largest absolute Gasteiger partial charge is 0.295 e. The van der Waals surface area contributed by atoms with Gasteiger partial charge in [-0.1, -0.05) is 32.1 Å². The molecular formula is C15H22O. The highest BCUT2D eigenvalue weighted by atomic mass is 16.1. The zero-order chi connectivity index (χ0) is 11.9. The van der Waals surface area contributed by atoms with E-state index in [1.807, 2.05) is 13.0 Å². The Kier molecular flexibility index (Phi) is 3.05. The molecule has 1 heteroatoms. The first kappa shape index (κ1) is 11.6. The highest BCUT2D eigenvalue weighted by Crippen LogP contribution is 2.50. The molecule has 2 aliphatic rings. The summed E-state index contributed by atoms with van der Waals surface area (Å²) in [5, 5.41) is 0. The lowest BCUT2D eigenvalue weighted by molar-refractivity contribution is -0.114. The first-order valence-corrected chi connectivity index (χ1v) is 6.43. The molecular weight excluding hydrogens is 196 g/mol. The number of carbonyl (C=O) groups excluding carboxylic acids is 1. The van der Waals surface area contributed by atoms with E-state index in [9.17, 15) is 4.79 Å². The van der Waals surface area contributed by atoms with E-state index in [0.717, 1.165) is 12.0 Å². The maximum Gasteiger partial charge on any atom is 0.159 e. The van der Waals surface area contributed by atoms with E-state index in [1.54, 1.807) is 0 Å². The third-order valence-electron chi connectivity index (χ3n) is 4.47. The minimum atomic E-state index is 0.367. The van der Waals surface area contributed by atoms with Crippen molar-refractivity contribution >= 4 is 5.78 Å². The van der Waals surface area contributed by atoms with Gasteiger partial charge in [0.05, 0.1) is 0 Å². The van der Waals surface area contributed by atoms with Gasteiger partial charge >= 0.3 is 0 Å². The van der Waals surface area contributed by atoms with Crippen molar-refractivity contribution in [1.29, 1.82) is 0 Å². The first-order chi connectivity index (χ1) is 7.56. The van der Waals surface area contributed by atoms with Crippen molar-refractivity contribution in [2.24, 2.45) is 23.7 Å². The zero-order valence-corrected chi connectivity index (χ0v) is 10.6. The highest BCUT2D eigenvalue weighted by Gasteiger charge is 2.45. The van der Waals surface area contributed by atoms with E-state index in [1.165, 1.54) is 12.0 Å². The Labute approximate surface area is 98.6 Å². The molecule has 0 heterocycles. The van der Waals surface area contributed by atoms with Crippen LogP contribution in [0.4, 0.5) is 0 Å². The van der Waals surface area contributed by atoms with Crippen molar-refractivity contribution in [2.75, 3.05) is 0 Å². The van der Waals surface area contributed by atoms with Crippen LogP contribution in [0.25, 0.3) is 0 Å². The van der Waals surface area contributed by atoms with Gasteiger partial charge < -0.3 is 0 Å². The summed E-state index contributed by atoms with van der Waals surface area (Å²) in [7, 11) is 0. The van der Waals surface area contributed by atoms with Gasteiger partial charge in [0, 0.05) is 6.42 Å². The molecule has 2 rings (SSSR count). The van der Waals surface area contributed by atoms with Crippen LogP contribution in [0.5, 0.6) is 0 Å². The molecule has 0 bridgehead atoms. The van der Waals surface area contributed by atoms with Crippen molar-refractivity contribution in [2.45, 2.75) is 40.0 Å². The van der Waals surface area contributed by atoms with Crippen molar-refractivity contribution in [3.05, 3.63) is 23.8 Å². The van der Waals surface area contributed by atoms with E-state index in [4.69, 9.17) is 0 Å². The van der Waals surface area contributed by atoms with Crippen LogP contribution in [-0.4, -0.2) is 5.78 Å². The van der Waals surface area contributed by atoms with Crippen LogP contribution in [0.3, 0.4) is 0 Å². The predicted molar refractivity (Wildman–Crippen MR) is 67.1 cm³/mol. The van der Waals surface area contributed by atoms with E-state index >= 15 is 0 Å². The Hall–Kier alpha value is -0.850. The maximum atomic E-state index is 12.0. The van der Waals surface area contributed by atoms with Crippen LogP contribution >= 0.6 is 0 Å². The van der Waals surface area contributed by atoms with Gasteiger partial charge in [-0.25, -0.2) is 0 Å². The van der Waals surface area contributed by atoms with Gasteiger partial charge in [0.25, 0.3) is 0 Å². The molecule has 1 nitrogen and oxygen atoms in total. The quantitative estimate of drug-likeness (QED) is 0.484. The molecule has 0 aromatic heterocycles. The fraction of sp³-hybridized carbons (Fsp3) is 0.667. The van der Waals surface area contributed by atoms with Crippen LogP contribution in [-0.2, 0) is 4.79 Å². The van der Waals surface area contributed by atoms with Crippen molar-refractivity contribution in [3.63, 3.8) is 0 Å². The summed E-state index contributed by atoms with van der Waals surface area (Å²) in [6, 6.07) is 0. The third-order valence-corrected chi connectivity index (χ3v) is 4.47. The van der Waals surface area contributed by atoms with Gasteiger partial charge in [-0.05, 0) is 49.0 Å². The molecule has 0 aromatic carbocycles. The average Bonchev–Trinajstić information content (AvgIpc) is 2.55. The number of ketones is 1. The van der Waals surface area contributed by atoms with Gasteiger partial charge in [0.1, 0.15) is 0 Å². The minimum absolute atomic E-state index is 0.367. The number of hydrogen-bond donors (Lipinski definition) is 0. The Morgan fingerprint density at radius 1 is 1.44 bits per heavy atom. The highest BCUT2D eigenvalue weighted by molar-refractivity contribution is 5.99. The lowest BCUT2D eigenvalue weighted by Crippen LogP contribution is -2.30. The number of allylic oxidation sites excluding steroid dienone is 3. The molecule has 0 saturated heterocycles. The summed E-state index contributed by atoms with van der Waals surface area (Å²) in [5.74, 6) is 2.62. The van der Waals surface area contributed by atoms with Crippen LogP contribution in [0.1, 0.15) is 40.0 Å². The SMILES string of the molecule is C=C1CC[C@@H](C(C)C)[C@@H]2C(=CC)C(=O)C[C@@H]12. The predicted octanol–water partition coefficient (Wildman–Crippen LogP) is 3.76. The van der Waals surface area contributed by atoms with Gasteiger partial charge in [0.2, 0.25) is 0 Å². The Bertz CT molecular complexity index is 348. The summed E-state index contributed by atoms with van der Waals surface area (Å²) in [6.45, 7) is 10.7. The molecule has 2 aliphatic carbocycles. The van der Waals surface area contributed by atoms with Crippen LogP contribution in [0.2, 0.25) is 0 Å². The van der Waals surface area contributed by atoms with Gasteiger partial charge in [0.15, 0.2) is 5.78 Å². The summed E-state index contributed by atoms with van der Waals surface area (Å²) in [5.41, 5.74) is 2.40. The molecule has 2 saturated carbocycles.